The Bertz CT molecular complexity index is 873. The van der Waals surface area contributed by atoms with Gasteiger partial charge in [0.25, 0.3) is 15.7 Å². The van der Waals surface area contributed by atoms with Crippen LogP contribution in [0.1, 0.15) is 5.56 Å². The third kappa shape index (κ3) is 3.46. The van der Waals surface area contributed by atoms with E-state index in [1.54, 1.807) is 0 Å². The van der Waals surface area contributed by atoms with E-state index in [1.807, 2.05) is 0 Å². The van der Waals surface area contributed by atoms with E-state index in [0.717, 1.165) is 24.3 Å². The molecule has 128 valence electrons. The highest BCUT2D eigenvalue weighted by Crippen LogP contribution is 2.31. The summed E-state index contributed by atoms with van der Waals surface area (Å²) in [6.07, 6.45) is 0. The molecule has 2 aromatic carbocycles. The topological polar surface area (TPSA) is 80.5 Å². The fraction of sp³-hybridized carbons (Fsp3) is 0.143. The van der Waals surface area contributed by atoms with Gasteiger partial charge in [0.1, 0.15) is 0 Å². The number of aryl methyl sites for hydroxylation is 1. The van der Waals surface area contributed by atoms with Gasteiger partial charge in [-0.15, -0.1) is 0 Å². The number of hydrogen-bond acceptors (Lipinski definition) is 4. The predicted octanol–water partition coefficient (Wildman–Crippen LogP) is 3.97. The second-order valence-electron chi connectivity index (χ2n) is 4.76. The molecular weight excluding hydrogens is 366 g/mol. The van der Waals surface area contributed by atoms with E-state index in [1.165, 1.54) is 25.1 Å². The summed E-state index contributed by atoms with van der Waals surface area (Å²) in [4.78, 5) is 9.48. The molecule has 0 bridgehead atoms. The average Bonchev–Trinajstić information content (AvgIpc) is 2.48. The summed E-state index contributed by atoms with van der Waals surface area (Å²) < 4.78 is 52.1. The van der Waals surface area contributed by atoms with Crippen LogP contribution in [0.15, 0.2) is 47.4 Å². The zero-order valence-electron chi connectivity index (χ0n) is 12.2. The van der Waals surface area contributed by atoms with E-state index in [4.69, 9.17) is 11.6 Å². The van der Waals surface area contributed by atoms with Gasteiger partial charge in [-0.25, -0.2) is 12.7 Å². The van der Waals surface area contributed by atoms with Gasteiger partial charge >= 0.3 is 6.55 Å². The van der Waals surface area contributed by atoms with Crippen LogP contribution in [0, 0.1) is 17.0 Å². The van der Waals surface area contributed by atoms with E-state index in [9.17, 15) is 27.3 Å². The van der Waals surface area contributed by atoms with Crippen molar-refractivity contribution < 1.29 is 22.1 Å². The molecule has 0 atom stereocenters. The lowest BCUT2D eigenvalue weighted by Crippen LogP contribution is -2.36. The maximum absolute atomic E-state index is 13.4. The molecule has 0 unspecified atom stereocenters. The van der Waals surface area contributed by atoms with Crippen molar-refractivity contribution in [1.29, 1.82) is 0 Å². The van der Waals surface area contributed by atoms with Gasteiger partial charge < -0.3 is 0 Å². The van der Waals surface area contributed by atoms with Crippen molar-refractivity contribution in [3.05, 3.63) is 63.2 Å². The van der Waals surface area contributed by atoms with Crippen LogP contribution >= 0.6 is 11.6 Å². The molecule has 0 heterocycles. The van der Waals surface area contributed by atoms with Crippen LogP contribution in [0.5, 0.6) is 0 Å². The Hall–Kier alpha value is -2.26. The maximum Gasteiger partial charge on any atom is 0.328 e. The molecule has 24 heavy (non-hydrogen) atoms. The molecule has 0 aromatic heterocycles. The molecule has 0 aliphatic rings. The molecule has 0 saturated heterocycles. The molecule has 6 nitrogen and oxygen atoms in total. The molecular formula is C14H11ClF2N2O4S. The number of halogens is 3. The highest BCUT2D eigenvalue weighted by Gasteiger charge is 2.34. The monoisotopic (exact) mass is 376 g/mol. The number of nitro benzene ring substituents is 1. The summed E-state index contributed by atoms with van der Waals surface area (Å²) >= 11 is 5.68. The minimum absolute atomic E-state index is 0.102. The molecule has 0 saturated carbocycles. The molecule has 0 fully saturated rings. The summed E-state index contributed by atoms with van der Waals surface area (Å²) in [5, 5.41) is 11.1. The number of nitrogens with zero attached hydrogens (tertiary/aromatic N) is 2. The lowest BCUT2D eigenvalue weighted by Gasteiger charge is -2.24. The third-order valence-electron chi connectivity index (χ3n) is 3.18. The quantitative estimate of drug-likeness (QED) is 0.449. The van der Waals surface area contributed by atoms with Crippen molar-refractivity contribution in [3.8, 4) is 0 Å². The smallest absolute Gasteiger partial charge is 0.258 e. The fourth-order valence-corrected chi connectivity index (χ4v) is 3.72. The van der Waals surface area contributed by atoms with Gasteiger partial charge in [-0.2, -0.15) is 8.78 Å². The van der Waals surface area contributed by atoms with Crippen molar-refractivity contribution in [1.82, 2.24) is 0 Å². The summed E-state index contributed by atoms with van der Waals surface area (Å²) in [6, 6.07) is 7.83. The molecule has 0 N–H and O–H groups in total. The average molecular weight is 377 g/mol. The van der Waals surface area contributed by atoms with Gasteiger partial charge in [0.05, 0.1) is 15.5 Å². The van der Waals surface area contributed by atoms with Crippen molar-refractivity contribution >= 4 is 33.0 Å². The third-order valence-corrected chi connectivity index (χ3v) is 5.31. The lowest BCUT2D eigenvalue weighted by atomic mass is 10.2. The Morgan fingerprint density at radius 3 is 2.25 bits per heavy atom. The molecule has 2 rings (SSSR count). The Balaban J connectivity index is 2.63. The van der Waals surface area contributed by atoms with Gasteiger partial charge in [0.15, 0.2) is 0 Å². The Morgan fingerprint density at radius 1 is 1.17 bits per heavy atom. The van der Waals surface area contributed by atoms with Crippen LogP contribution in [-0.4, -0.2) is 19.9 Å². The molecule has 10 heteroatoms. The van der Waals surface area contributed by atoms with Crippen LogP contribution in [0.25, 0.3) is 0 Å². The lowest BCUT2D eigenvalue weighted by molar-refractivity contribution is -0.385. The van der Waals surface area contributed by atoms with Crippen molar-refractivity contribution in [3.63, 3.8) is 0 Å². The molecule has 0 spiro atoms. The number of anilines is 1. The first kappa shape index (κ1) is 18.1. The molecule has 2 aromatic rings. The SMILES string of the molecule is Cc1ccc([N+](=O)[O-])cc1S(=O)(=O)N(c1ccc(Cl)cc1)C(F)F. The number of rotatable bonds is 5. The second-order valence-corrected chi connectivity index (χ2v) is 6.98. The van der Waals surface area contributed by atoms with E-state index in [2.05, 4.69) is 0 Å². The molecule has 0 aliphatic heterocycles. The number of alkyl halides is 2. The van der Waals surface area contributed by atoms with E-state index < -0.39 is 32.1 Å². The maximum atomic E-state index is 13.4. The van der Waals surface area contributed by atoms with Gasteiger partial charge in [-0.05, 0) is 36.8 Å². The first-order valence-corrected chi connectivity index (χ1v) is 8.29. The fourth-order valence-electron chi connectivity index (χ4n) is 2.03. The van der Waals surface area contributed by atoms with Crippen molar-refractivity contribution in [2.45, 2.75) is 18.4 Å². The van der Waals surface area contributed by atoms with Gasteiger partial charge in [-0.1, -0.05) is 17.7 Å². The number of non-ortho nitro benzene ring substituents is 1. The number of sulfonamides is 1. The van der Waals surface area contributed by atoms with Crippen LogP contribution in [0.3, 0.4) is 0 Å². The Morgan fingerprint density at radius 2 is 1.75 bits per heavy atom. The first-order valence-electron chi connectivity index (χ1n) is 6.48. The minimum Gasteiger partial charge on any atom is -0.258 e. The Labute approximate surface area is 141 Å². The standard InChI is InChI=1S/C14H11ClF2N2O4S/c1-9-2-5-12(19(20)21)8-13(9)24(22,23)18(14(16)17)11-6-3-10(15)4-7-11/h2-8,14H,1H3. The van der Waals surface area contributed by atoms with Crippen molar-refractivity contribution in [2.24, 2.45) is 0 Å². The van der Waals surface area contributed by atoms with E-state index in [-0.39, 0.29) is 20.6 Å². The number of hydrogen-bond donors (Lipinski definition) is 0. The van der Waals surface area contributed by atoms with E-state index in [0.29, 0.717) is 0 Å². The zero-order chi connectivity index (χ0) is 18.1. The number of benzene rings is 2. The minimum atomic E-state index is -4.72. The number of nitro groups is 1. The first-order chi connectivity index (χ1) is 11.1. The largest absolute Gasteiger partial charge is 0.328 e. The normalized spacial score (nSPS) is 11.5. The van der Waals surface area contributed by atoms with Crippen LogP contribution in [0.2, 0.25) is 5.02 Å². The zero-order valence-corrected chi connectivity index (χ0v) is 13.8. The molecule has 0 radical (unpaired) electrons. The van der Waals surface area contributed by atoms with Gasteiger partial charge in [0.2, 0.25) is 0 Å². The molecule has 0 aliphatic carbocycles. The van der Waals surface area contributed by atoms with Gasteiger partial charge in [-0.3, -0.25) is 10.1 Å². The summed E-state index contributed by atoms with van der Waals surface area (Å²) in [6.45, 7) is -2.02. The second kappa shape index (κ2) is 6.70. The highest BCUT2D eigenvalue weighted by molar-refractivity contribution is 7.92. The molecule has 0 amide bonds. The highest BCUT2D eigenvalue weighted by atomic mass is 35.5. The summed E-state index contributed by atoms with van der Waals surface area (Å²) in [5.41, 5.74) is -0.704. The van der Waals surface area contributed by atoms with Crippen LogP contribution in [0.4, 0.5) is 20.2 Å². The van der Waals surface area contributed by atoms with Crippen LogP contribution < -0.4 is 4.31 Å². The van der Waals surface area contributed by atoms with Gasteiger partial charge in [0, 0.05) is 17.2 Å². The van der Waals surface area contributed by atoms with Crippen molar-refractivity contribution in [2.75, 3.05) is 4.31 Å². The predicted molar refractivity (Wildman–Crippen MR) is 85.0 cm³/mol. The van der Waals surface area contributed by atoms with Crippen LogP contribution in [-0.2, 0) is 10.0 Å². The Kier molecular flexibility index (Phi) is 5.05. The summed E-state index contributed by atoms with van der Waals surface area (Å²) in [7, 11) is -4.72. The summed E-state index contributed by atoms with van der Waals surface area (Å²) in [5.74, 6) is 0. The van der Waals surface area contributed by atoms with E-state index >= 15 is 0 Å².